The van der Waals surface area contributed by atoms with E-state index in [1.54, 1.807) is 0 Å². The Balaban J connectivity index is 1.26. The smallest absolute Gasteiger partial charge is 0.260 e. The van der Waals surface area contributed by atoms with E-state index in [9.17, 15) is 0 Å². The van der Waals surface area contributed by atoms with Crippen molar-refractivity contribution in [2.45, 2.75) is 0 Å². The minimum absolute atomic E-state index is 0.0301. The zero-order valence-corrected chi connectivity index (χ0v) is 26.1. The molecular formula is C42H26BNO2S. The van der Waals surface area contributed by atoms with E-state index in [1.165, 1.54) is 20.2 Å². The molecule has 1 aromatic heterocycles. The molecule has 0 amide bonds. The topological polar surface area (TPSA) is 21.7 Å². The maximum Gasteiger partial charge on any atom is 0.260 e. The summed E-state index contributed by atoms with van der Waals surface area (Å²) in [5, 5.41) is 2.51. The number of fused-ring (bicyclic) bond motifs is 7. The Kier molecular flexibility index (Phi) is 5.84. The van der Waals surface area contributed by atoms with E-state index in [-0.39, 0.29) is 6.71 Å². The van der Waals surface area contributed by atoms with Gasteiger partial charge in [0.05, 0.1) is 11.4 Å². The second-order valence-corrected chi connectivity index (χ2v) is 13.2. The molecule has 0 aliphatic carbocycles. The van der Waals surface area contributed by atoms with Crippen LogP contribution in [0.2, 0.25) is 0 Å². The van der Waals surface area contributed by atoms with Gasteiger partial charge in [0, 0.05) is 49.0 Å². The molecule has 7 aromatic carbocycles. The first kappa shape index (κ1) is 26.4. The van der Waals surface area contributed by atoms with Gasteiger partial charge in [-0.25, -0.2) is 0 Å². The van der Waals surface area contributed by atoms with Crippen molar-refractivity contribution in [2.24, 2.45) is 0 Å². The highest BCUT2D eigenvalue weighted by Crippen LogP contribution is 2.48. The summed E-state index contributed by atoms with van der Waals surface area (Å²) in [6.45, 7) is 0.0301. The van der Waals surface area contributed by atoms with Gasteiger partial charge in [-0.15, -0.1) is 11.3 Å². The molecule has 0 bridgehead atoms. The Morgan fingerprint density at radius 1 is 0.468 bits per heavy atom. The number of anilines is 3. The summed E-state index contributed by atoms with van der Waals surface area (Å²) in [5.41, 5.74) is 8.83. The molecule has 0 unspecified atom stereocenters. The molecule has 5 heteroatoms. The van der Waals surface area contributed by atoms with Crippen LogP contribution in [0.15, 0.2) is 158 Å². The van der Waals surface area contributed by atoms with Gasteiger partial charge in [-0.05, 0) is 59.0 Å². The first-order valence-corrected chi connectivity index (χ1v) is 16.7. The lowest BCUT2D eigenvalue weighted by molar-refractivity contribution is 0.465. The number of thiophene rings is 1. The summed E-state index contributed by atoms with van der Waals surface area (Å²) in [4.78, 5) is 2.35. The summed E-state index contributed by atoms with van der Waals surface area (Å²) < 4.78 is 16.0. The predicted molar refractivity (Wildman–Crippen MR) is 197 cm³/mol. The molecule has 3 nitrogen and oxygen atoms in total. The zero-order chi connectivity index (χ0) is 30.9. The van der Waals surface area contributed by atoms with E-state index in [0.29, 0.717) is 0 Å². The molecule has 0 spiro atoms. The third kappa shape index (κ3) is 4.13. The average Bonchev–Trinajstić information content (AvgIpc) is 3.49. The van der Waals surface area contributed by atoms with Crippen molar-refractivity contribution in [3.05, 3.63) is 158 Å². The number of hydrogen-bond donors (Lipinski definition) is 0. The molecule has 2 aliphatic rings. The lowest BCUT2D eigenvalue weighted by Gasteiger charge is -2.35. The Morgan fingerprint density at radius 2 is 1.06 bits per heavy atom. The summed E-state index contributed by atoms with van der Waals surface area (Å²) >= 11 is 1.84. The predicted octanol–water partition coefficient (Wildman–Crippen LogP) is 9.92. The molecule has 47 heavy (non-hydrogen) atoms. The van der Waals surface area contributed by atoms with Gasteiger partial charge in [-0.1, -0.05) is 103 Å². The largest absolute Gasteiger partial charge is 0.458 e. The summed E-state index contributed by atoms with van der Waals surface area (Å²) in [6.07, 6.45) is 0. The summed E-state index contributed by atoms with van der Waals surface area (Å²) in [5.74, 6) is 3.40. The van der Waals surface area contributed by atoms with E-state index in [4.69, 9.17) is 9.47 Å². The second kappa shape index (κ2) is 10.4. The maximum atomic E-state index is 6.73. The lowest BCUT2D eigenvalue weighted by atomic mass is 9.35. The summed E-state index contributed by atoms with van der Waals surface area (Å²) in [7, 11) is 0. The highest BCUT2D eigenvalue weighted by atomic mass is 32.1. The van der Waals surface area contributed by atoms with Crippen LogP contribution in [-0.4, -0.2) is 6.71 Å². The average molecular weight is 620 g/mol. The van der Waals surface area contributed by atoms with Crippen molar-refractivity contribution in [1.29, 1.82) is 0 Å². The Hall–Kier alpha value is -5.78. The molecular weight excluding hydrogens is 593 g/mol. The number of hydrogen-bond acceptors (Lipinski definition) is 4. The third-order valence-electron chi connectivity index (χ3n) is 9.37. The van der Waals surface area contributed by atoms with Crippen molar-refractivity contribution < 1.29 is 9.47 Å². The molecule has 0 saturated heterocycles. The van der Waals surface area contributed by atoms with Gasteiger partial charge in [0.2, 0.25) is 0 Å². The zero-order valence-electron chi connectivity index (χ0n) is 25.3. The molecule has 0 fully saturated rings. The van der Waals surface area contributed by atoms with Crippen LogP contribution in [0.25, 0.3) is 31.3 Å². The Morgan fingerprint density at radius 3 is 1.77 bits per heavy atom. The van der Waals surface area contributed by atoms with Gasteiger partial charge in [-0.2, -0.15) is 0 Å². The number of nitrogens with zero attached hydrogens (tertiary/aromatic N) is 1. The third-order valence-corrected chi connectivity index (χ3v) is 10.5. The fourth-order valence-corrected chi connectivity index (χ4v) is 8.43. The first-order chi connectivity index (χ1) is 23.3. The van der Waals surface area contributed by atoms with Crippen LogP contribution < -0.4 is 30.8 Å². The molecule has 3 heterocycles. The van der Waals surface area contributed by atoms with Crippen molar-refractivity contribution in [3.8, 4) is 34.1 Å². The molecule has 0 atom stereocenters. The van der Waals surface area contributed by atoms with E-state index in [0.717, 1.165) is 67.6 Å². The number of ether oxygens (including phenoxy) is 2. The Bertz CT molecular complexity index is 2420. The van der Waals surface area contributed by atoms with Crippen LogP contribution >= 0.6 is 11.3 Å². The van der Waals surface area contributed by atoms with Gasteiger partial charge < -0.3 is 14.4 Å². The normalized spacial score (nSPS) is 12.6. The molecule has 8 aromatic rings. The fraction of sp³-hybridized carbons (Fsp3) is 0. The maximum absolute atomic E-state index is 6.73. The number of benzene rings is 7. The van der Waals surface area contributed by atoms with Gasteiger partial charge in [0.15, 0.2) is 0 Å². The van der Waals surface area contributed by atoms with Crippen LogP contribution in [0.4, 0.5) is 17.1 Å². The highest BCUT2D eigenvalue weighted by Gasteiger charge is 2.40. The van der Waals surface area contributed by atoms with Crippen LogP contribution in [0.5, 0.6) is 23.0 Å². The molecule has 0 radical (unpaired) electrons. The standard InChI is InChI=1S/C42H26BNO2S/c1-3-13-27(14-4-1)31-26-41-32(30-17-7-12-22-40(30)47-41)25-35(31)44(28-15-5-2-6-16-28)29-23-38-42-39(24-29)46-37-21-11-9-19-34(37)43(42)33-18-8-10-20-36(33)45-38/h1-26H. The minimum Gasteiger partial charge on any atom is -0.458 e. The van der Waals surface area contributed by atoms with Gasteiger partial charge in [-0.3, -0.25) is 0 Å². The highest BCUT2D eigenvalue weighted by molar-refractivity contribution is 7.25. The SMILES string of the molecule is c1ccc(-c2cc3sc4ccccc4c3cc2N(c2ccccc2)c2cc3c4c(c2)Oc2ccccc2B4c2ccccc2O3)cc1. The van der Waals surface area contributed by atoms with Gasteiger partial charge in [0.1, 0.15) is 23.0 Å². The van der Waals surface area contributed by atoms with Crippen LogP contribution in [-0.2, 0) is 0 Å². The van der Waals surface area contributed by atoms with Crippen LogP contribution in [0.1, 0.15) is 0 Å². The minimum atomic E-state index is 0.0301. The molecule has 220 valence electrons. The summed E-state index contributed by atoms with van der Waals surface area (Å²) in [6, 6.07) is 55.8. The van der Waals surface area contributed by atoms with E-state index >= 15 is 0 Å². The van der Waals surface area contributed by atoms with Gasteiger partial charge in [0.25, 0.3) is 6.71 Å². The van der Waals surface area contributed by atoms with Gasteiger partial charge >= 0.3 is 0 Å². The Labute approximate surface area is 277 Å². The van der Waals surface area contributed by atoms with E-state index in [2.05, 4.69) is 150 Å². The first-order valence-electron chi connectivity index (χ1n) is 15.9. The van der Waals surface area contributed by atoms with Crippen molar-refractivity contribution in [1.82, 2.24) is 0 Å². The van der Waals surface area contributed by atoms with Crippen molar-refractivity contribution >= 4 is 71.7 Å². The van der Waals surface area contributed by atoms with E-state index in [1.807, 2.05) is 23.5 Å². The van der Waals surface area contributed by atoms with Crippen LogP contribution in [0.3, 0.4) is 0 Å². The molecule has 10 rings (SSSR count). The quantitative estimate of drug-likeness (QED) is 0.183. The molecule has 0 N–H and O–H groups in total. The fourth-order valence-electron chi connectivity index (χ4n) is 7.31. The van der Waals surface area contributed by atoms with Crippen molar-refractivity contribution in [3.63, 3.8) is 0 Å². The molecule has 0 saturated carbocycles. The van der Waals surface area contributed by atoms with E-state index < -0.39 is 0 Å². The number of para-hydroxylation sites is 3. The monoisotopic (exact) mass is 619 g/mol. The second-order valence-electron chi connectivity index (χ2n) is 12.1. The number of rotatable bonds is 4. The lowest BCUT2D eigenvalue weighted by Crippen LogP contribution is -2.57. The van der Waals surface area contributed by atoms with Crippen LogP contribution in [0, 0.1) is 0 Å². The van der Waals surface area contributed by atoms with Crippen molar-refractivity contribution in [2.75, 3.05) is 4.90 Å². The molecule has 2 aliphatic heterocycles.